The highest BCUT2D eigenvalue weighted by atomic mass is 16.5. The molecule has 1 N–H and O–H groups in total. The van der Waals surface area contributed by atoms with E-state index in [1.54, 1.807) is 6.20 Å². The SMILES string of the molecule is Cc1cnccc1N1CCN(C(=O)[C@H]2OCC(=O)N[C@@H]2c2ccccc2)CC1. The molecular weight excluding hydrogens is 356 g/mol. The van der Waals surface area contributed by atoms with Gasteiger partial charge in [0.25, 0.3) is 5.91 Å². The van der Waals surface area contributed by atoms with Crippen LogP contribution in [0.2, 0.25) is 0 Å². The molecule has 0 aliphatic carbocycles. The smallest absolute Gasteiger partial charge is 0.254 e. The number of hydrogen-bond acceptors (Lipinski definition) is 5. The number of nitrogens with zero attached hydrogens (tertiary/aromatic N) is 3. The average molecular weight is 380 g/mol. The fraction of sp³-hybridized carbons (Fsp3) is 0.381. The molecule has 0 unspecified atom stereocenters. The summed E-state index contributed by atoms with van der Waals surface area (Å²) >= 11 is 0. The largest absolute Gasteiger partial charge is 0.368 e. The first-order chi connectivity index (χ1) is 13.6. The number of carbonyl (C=O) groups excluding carboxylic acids is 2. The van der Waals surface area contributed by atoms with Gasteiger partial charge >= 0.3 is 0 Å². The number of ether oxygens (including phenoxy) is 1. The zero-order valence-electron chi connectivity index (χ0n) is 15.9. The highest BCUT2D eigenvalue weighted by molar-refractivity contribution is 5.86. The molecule has 0 radical (unpaired) electrons. The molecule has 2 fully saturated rings. The summed E-state index contributed by atoms with van der Waals surface area (Å²) in [5, 5.41) is 2.92. The van der Waals surface area contributed by atoms with Gasteiger partial charge in [-0.05, 0) is 24.1 Å². The van der Waals surface area contributed by atoms with Gasteiger partial charge in [0, 0.05) is 44.3 Å². The molecule has 2 aliphatic heterocycles. The van der Waals surface area contributed by atoms with Gasteiger partial charge in [0.05, 0.1) is 6.04 Å². The molecule has 0 spiro atoms. The number of rotatable bonds is 3. The van der Waals surface area contributed by atoms with Gasteiger partial charge in [-0.3, -0.25) is 14.6 Å². The van der Waals surface area contributed by atoms with Crippen LogP contribution in [-0.4, -0.2) is 60.6 Å². The van der Waals surface area contributed by atoms with Crippen LogP contribution in [0.3, 0.4) is 0 Å². The van der Waals surface area contributed by atoms with E-state index in [0.29, 0.717) is 13.1 Å². The summed E-state index contributed by atoms with van der Waals surface area (Å²) in [5.74, 6) is -0.268. The number of nitrogens with one attached hydrogen (secondary N) is 1. The molecular formula is C21H24N4O3. The Kier molecular flexibility index (Phi) is 5.25. The Labute approximate surface area is 164 Å². The number of anilines is 1. The Morgan fingerprint density at radius 3 is 2.61 bits per heavy atom. The molecule has 4 rings (SSSR count). The zero-order chi connectivity index (χ0) is 19.5. The molecule has 0 bridgehead atoms. The van der Waals surface area contributed by atoms with E-state index in [4.69, 9.17) is 4.74 Å². The van der Waals surface area contributed by atoms with Crippen LogP contribution >= 0.6 is 0 Å². The van der Waals surface area contributed by atoms with Crippen molar-refractivity contribution in [3.05, 3.63) is 59.9 Å². The fourth-order valence-electron chi connectivity index (χ4n) is 3.85. The number of aryl methyl sites for hydroxylation is 1. The molecule has 2 aromatic rings. The Morgan fingerprint density at radius 2 is 1.89 bits per heavy atom. The second-order valence-electron chi connectivity index (χ2n) is 7.16. The molecule has 0 saturated carbocycles. The molecule has 2 saturated heterocycles. The lowest BCUT2D eigenvalue weighted by Gasteiger charge is -2.40. The Balaban J connectivity index is 1.45. The third-order valence-corrected chi connectivity index (χ3v) is 5.34. The van der Waals surface area contributed by atoms with E-state index in [1.807, 2.05) is 54.4 Å². The number of amides is 2. The molecule has 2 atom stereocenters. The minimum absolute atomic E-state index is 0.0695. The van der Waals surface area contributed by atoms with Gasteiger partial charge in [0.1, 0.15) is 6.61 Å². The molecule has 7 heteroatoms. The zero-order valence-corrected chi connectivity index (χ0v) is 15.9. The van der Waals surface area contributed by atoms with Crippen LogP contribution in [0.5, 0.6) is 0 Å². The minimum Gasteiger partial charge on any atom is -0.368 e. The second-order valence-corrected chi connectivity index (χ2v) is 7.16. The number of benzene rings is 1. The normalized spacial score (nSPS) is 22.7. The van der Waals surface area contributed by atoms with Gasteiger partial charge in [-0.15, -0.1) is 0 Å². The fourth-order valence-corrected chi connectivity index (χ4v) is 3.85. The third-order valence-electron chi connectivity index (χ3n) is 5.34. The molecule has 1 aromatic heterocycles. The molecule has 2 aliphatic rings. The molecule has 1 aromatic carbocycles. The van der Waals surface area contributed by atoms with Gasteiger partial charge in [0.15, 0.2) is 6.10 Å². The van der Waals surface area contributed by atoms with Crippen molar-refractivity contribution in [2.24, 2.45) is 0 Å². The van der Waals surface area contributed by atoms with E-state index < -0.39 is 12.1 Å². The summed E-state index contributed by atoms with van der Waals surface area (Å²) in [7, 11) is 0. The summed E-state index contributed by atoms with van der Waals surface area (Å²) in [4.78, 5) is 33.3. The maximum atomic E-state index is 13.2. The number of hydrogen-bond donors (Lipinski definition) is 1. The van der Waals surface area contributed by atoms with Gasteiger partial charge < -0.3 is 19.9 Å². The topological polar surface area (TPSA) is 74.8 Å². The van der Waals surface area contributed by atoms with E-state index in [9.17, 15) is 9.59 Å². The lowest BCUT2D eigenvalue weighted by molar-refractivity contribution is -0.155. The van der Waals surface area contributed by atoms with Gasteiger partial charge in [-0.1, -0.05) is 30.3 Å². The van der Waals surface area contributed by atoms with Crippen LogP contribution in [0.25, 0.3) is 0 Å². The Bertz CT molecular complexity index is 850. The van der Waals surface area contributed by atoms with Crippen molar-refractivity contribution in [2.75, 3.05) is 37.7 Å². The van der Waals surface area contributed by atoms with Crippen LogP contribution in [0.1, 0.15) is 17.2 Å². The number of aromatic nitrogens is 1. The maximum Gasteiger partial charge on any atom is 0.254 e. The van der Waals surface area contributed by atoms with E-state index in [1.165, 1.54) is 0 Å². The second kappa shape index (κ2) is 7.98. The lowest BCUT2D eigenvalue weighted by atomic mass is 9.98. The van der Waals surface area contributed by atoms with Gasteiger partial charge in [-0.2, -0.15) is 0 Å². The highest BCUT2D eigenvalue weighted by Gasteiger charge is 2.39. The van der Waals surface area contributed by atoms with Crippen LogP contribution in [0, 0.1) is 6.92 Å². The van der Waals surface area contributed by atoms with E-state index in [-0.39, 0.29) is 18.4 Å². The van der Waals surface area contributed by atoms with Crippen molar-refractivity contribution in [1.29, 1.82) is 0 Å². The first kappa shape index (κ1) is 18.4. The quantitative estimate of drug-likeness (QED) is 0.869. The molecule has 3 heterocycles. The minimum atomic E-state index is -0.700. The Hall–Kier alpha value is -2.93. The van der Waals surface area contributed by atoms with Gasteiger partial charge in [-0.25, -0.2) is 0 Å². The van der Waals surface area contributed by atoms with Crippen molar-refractivity contribution < 1.29 is 14.3 Å². The monoisotopic (exact) mass is 380 g/mol. The summed E-state index contributed by atoms with van der Waals surface area (Å²) in [6.45, 7) is 4.71. The van der Waals surface area contributed by atoms with Crippen molar-refractivity contribution in [2.45, 2.75) is 19.1 Å². The van der Waals surface area contributed by atoms with Crippen LogP contribution in [0.15, 0.2) is 48.8 Å². The first-order valence-electron chi connectivity index (χ1n) is 9.54. The van der Waals surface area contributed by atoms with Crippen molar-refractivity contribution in [3.63, 3.8) is 0 Å². The molecule has 28 heavy (non-hydrogen) atoms. The van der Waals surface area contributed by atoms with Crippen LogP contribution in [0.4, 0.5) is 5.69 Å². The molecule has 146 valence electrons. The third kappa shape index (κ3) is 3.71. The summed E-state index contributed by atoms with van der Waals surface area (Å²) < 4.78 is 5.68. The summed E-state index contributed by atoms with van der Waals surface area (Å²) in [6, 6.07) is 11.1. The molecule has 2 amide bonds. The first-order valence-corrected chi connectivity index (χ1v) is 9.54. The summed E-state index contributed by atoms with van der Waals surface area (Å²) in [6.07, 6.45) is 2.95. The number of pyridine rings is 1. The number of morpholine rings is 1. The number of piperazine rings is 1. The van der Waals surface area contributed by atoms with Crippen LogP contribution in [-0.2, 0) is 14.3 Å². The highest BCUT2D eigenvalue weighted by Crippen LogP contribution is 2.25. The Morgan fingerprint density at radius 1 is 1.14 bits per heavy atom. The predicted octanol–water partition coefficient (Wildman–Crippen LogP) is 1.29. The van der Waals surface area contributed by atoms with E-state index >= 15 is 0 Å². The standard InChI is InChI=1S/C21H24N4O3/c1-15-13-22-8-7-17(15)24-9-11-25(12-10-24)21(27)20-19(23-18(26)14-28-20)16-5-3-2-4-6-16/h2-8,13,19-20H,9-12,14H2,1H3,(H,23,26)/t19-,20+/m1/s1. The van der Waals surface area contributed by atoms with Gasteiger partial charge in [0.2, 0.25) is 5.91 Å². The van der Waals surface area contributed by atoms with E-state index in [0.717, 1.165) is 29.9 Å². The predicted molar refractivity (Wildman–Crippen MR) is 105 cm³/mol. The number of carbonyl (C=O) groups is 2. The van der Waals surface area contributed by atoms with E-state index in [2.05, 4.69) is 15.2 Å². The molecule has 7 nitrogen and oxygen atoms in total. The summed E-state index contributed by atoms with van der Waals surface area (Å²) in [5.41, 5.74) is 3.16. The maximum absolute atomic E-state index is 13.2. The van der Waals surface area contributed by atoms with Crippen molar-refractivity contribution >= 4 is 17.5 Å². The average Bonchev–Trinajstić information content (AvgIpc) is 2.74. The van der Waals surface area contributed by atoms with Crippen molar-refractivity contribution in [3.8, 4) is 0 Å². The lowest BCUT2D eigenvalue weighted by Crippen LogP contribution is -2.57. The van der Waals surface area contributed by atoms with Crippen molar-refractivity contribution in [1.82, 2.24) is 15.2 Å². The van der Waals surface area contributed by atoms with Crippen LogP contribution < -0.4 is 10.2 Å².